The number of halogens is 3. The molecule has 0 aromatic heterocycles. The molecule has 24 heavy (non-hydrogen) atoms. The summed E-state index contributed by atoms with van der Waals surface area (Å²) in [7, 11) is 0. The first kappa shape index (κ1) is 19.5. The Morgan fingerprint density at radius 2 is 1.75 bits per heavy atom. The maximum atomic E-state index is 13.3. The van der Waals surface area contributed by atoms with Gasteiger partial charge in [0.25, 0.3) is 0 Å². The first-order valence-electron chi connectivity index (χ1n) is 8.87. The minimum Gasteiger partial charge on any atom is -0.354 e. The summed E-state index contributed by atoms with van der Waals surface area (Å²) >= 11 is 0. The summed E-state index contributed by atoms with van der Waals surface area (Å²) in [5.41, 5.74) is 0. The second-order valence-electron chi connectivity index (χ2n) is 6.92. The average Bonchev–Trinajstić information content (AvgIpc) is 2.55. The van der Waals surface area contributed by atoms with E-state index in [1.54, 1.807) is 0 Å². The number of piperidine rings is 1. The largest absolute Gasteiger partial charge is 0.405 e. The summed E-state index contributed by atoms with van der Waals surface area (Å²) in [6.07, 6.45) is -1.97. The average molecular weight is 350 g/mol. The Labute approximate surface area is 141 Å². The maximum absolute atomic E-state index is 13.3. The molecular weight excluding hydrogens is 321 g/mol. The molecule has 2 rings (SSSR count). The second-order valence-corrected chi connectivity index (χ2v) is 6.92. The normalized spacial score (nSPS) is 23.7. The molecule has 0 spiro atoms. The molecule has 1 amide bonds. The van der Waals surface area contributed by atoms with Gasteiger partial charge in [-0.2, -0.15) is 13.2 Å². The van der Waals surface area contributed by atoms with Crippen molar-refractivity contribution in [3.8, 4) is 0 Å². The molecule has 3 N–H and O–H groups in total. The van der Waals surface area contributed by atoms with Crippen LogP contribution in [0.2, 0.25) is 0 Å². The van der Waals surface area contributed by atoms with Crippen molar-refractivity contribution in [2.45, 2.75) is 38.4 Å². The van der Waals surface area contributed by atoms with E-state index in [2.05, 4.69) is 16.0 Å². The third-order valence-corrected chi connectivity index (χ3v) is 5.16. The van der Waals surface area contributed by atoms with Gasteiger partial charge >= 0.3 is 6.18 Å². The number of nitrogens with zero attached hydrogens (tertiary/aromatic N) is 1. The molecule has 2 saturated heterocycles. The lowest BCUT2D eigenvalue weighted by atomic mass is 9.84. The van der Waals surface area contributed by atoms with Crippen LogP contribution in [0, 0.1) is 11.8 Å². The zero-order valence-corrected chi connectivity index (χ0v) is 14.3. The van der Waals surface area contributed by atoms with E-state index >= 15 is 0 Å². The fourth-order valence-electron chi connectivity index (χ4n) is 3.60. The Morgan fingerprint density at radius 3 is 2.33 bits per heavy atom. The number of carbonyl (C=O) groups excluding carboxylic acids is 1. The summed E-state index contributed by atoms with van der Waals surface area (Å²) in [4.78, 5) is 13.5. The highest BCUT2D eigenvalue weighted by Gasteiger charge is 2.43. The van der Waals surface area contributed by atoms with E-state index in [4.69, 9.17) is 0 Å². The van der Waals surface area contributed by atoms with Gasteiger partial charge < -0.3 is 16.0 Å². The van der Waals surface area contributed by atoms with Gasteiger partial charge in [0.15, 0.2) is 0 Å². The van der Waals surface area contributed by atoms with Crippen molar-refractivity contribution >= 4 is 5.91 Å². The molecule has 5 nitrogen and oxygen atoms in total. The monoisotopic (exact) mass is 350 g/mol. The van der Waals surface area contributed by atoms with Gasteiger partial charge in [0, 0.05) is 39.1 Å². The number of nitrogens with one attached hydrogen (secondary N) is 3. The molecule has 0 aliphatic carbocycles. The van der Waals surface area contributed by atoms with Gasteiger partial charge in [0.05, 0.1) is 0 Å². The lowest BCUT2D eigenvalue weighted by Gasteiger charge is -2.36. The molecule has 8 heteroatoms. The van der Waals surface area contributed by atoms with E-state index < -0.39 is 12.2 Å². The Balaban J connectivity index is 1.80. The van der Waals surface area contributed by atoms with Crippen molar-refractivity contribution < 1.29 is 18.0 Å². The van der Waals surface area contributed by atoms with Gasteiger partial charge in [-0.25, -0.2) is 0 Å². The third kappa shape index (κ3) is 5.89. The molecule has 2 heterocycles. The van der Waals surface area contributed by atoms with Crippen LogP contribution in [-0.4, -0.2) is 68.8 Å². The standard InChI is InChI=1S/C16H29F3N4O/c1-12(13-2-4-20-5-3-13)10-15(24)22-11-14(16(17,18)19)23-8-6-21-7-9-23/h12-14,20-21H,2-11H2,1H3,(H,22,24). The van der Waals surface area contributed by atoms with Crippen molar-refractivity contribution in [2.75, 3.05) is 45.8 Å². The SMILES string of the molecule is CC(CC(=O)NCC(N1CCNCC1)C(F)(F)F)C1CCNCC1. The zero-order chi connectivity index (χ0) is 17.6. The quantitative estimate of drug-likeness (QED) is 0.668. The number of carbonyl (C=O) groups is 1. The number of hydrogen-bond donors (Lipinski definition) is 3. The molecule has 2 aliphatic rings. The Bertz CT molecular complexity index is 393. The van der Waals surface area contributed by atoms with Crippen LogP contribution in [0.15, 0.2) is 0 Å². The Hall–Kier alpha value is -0.860. The Morgan fingerprint density at radius 1 is 1.17 bits per heavy atom. The number of hydrogen-bond acceptors (Lipinski definition) is 4. The lowest BCUT2D eigenvalue weighted by Crippen LogP contribution is -2.57. The van der Waals surface area contributed by atoms with Crippen LogP contribution in [-0.2, 0) is 4.79 Å². The van der Waals surface area contributed by atoms with E-state index in [1.165, 1.54) is 4.90 Å². The van der Waals surface area contributed by atoms with Crippen molar-refractivity contribution in [2.24, 2.45) is 11.8 Å². The van der Waals surface area contributed by atoms with Crippen molar-refractivity contribution in [1.29, 1.82) is 0 Å². The van der Waals surface area contributed by atoms with Crippen LogP contribution >= 0.6 is 0 Å². The molecule has 0 radical (unpaired) electrons. The van der Waals surface area contributed by atoms with Gasteiger partial charge in [-0.1, -0.05) is 6.92 Å². The molecule has 2 fully saturated rings. The number of piperazine rings is 1. The third-order valence-electron chi connectivity index (χ3n) is 5.16. The zero-order valence-electron chi connectivity index (χ0n) is 14.3. The summed E-state index contributed by atoms with van der Waals surface area (Å²) in [6, 6.07) is -1.60. The van der Waals surface area contributed by atoms with Gasteiger partial charge in [-0.05, 0) is 37.8 Å². The molecule has 0 aromatic rings. The molecule has 2 unspecified atom stereocenters. The fraction of sp³-hybridized carbons (Fsp3) is 0.938. The highest BCUT2D eigenvalue weighted by molar-refractivity contribution is 5.76. The van der Waals surface area contributed by atoms with Crippen molar-refractivity contribution in [3.63, 3.8) is 0 Å². The molecule has 0 bridgehead atoms. The van der Waals surface area contributed by atoms with Crippen LogP contribution < -0.4 is 16.0 Å². The van der Waals surface area contributed by atoms with Crippen LogP contribution in [0.3, 0.4) is 0 Å². The predicted molar refractivity (Wildman–Crippen MR) is 86.7 cm³/mol. The van der Waals surface area contributed by atoms with Gasteiger partial charge in [-0.3, -0.25) is 9.69 Å². The van der Waals surface area contributed by atoms with E-state index in [0.29, 0.717) is 38.5 Å². The maximum Gasteiger partial charge on any atom is 0.405 e. The number of rotatable bonds is 6. The number of amides is 1. The minimum atomic E-state index is -4.33. The fourth-order valence-corrected chi connectivity index (χ4v) is 3.60. The summed E-state index contributed by atoms with van der Waals surface area (Å²) < 4.78 is 39.9. The molecular formula is C16H29F3N4O. The van der Waals surface area contributed by atoms with Crippen molar-refractivity contribution in [1.82, 2.24) is 20.9 Å². The first-order chi connectivity index (χ1) is 11.4. The highest BCUT2D eigenvalue weighted by Crippen LogP contribution is 2.26. The molecule has 140 valence electrons. The molecule has 0 saturated carbocycles. The second kappa shape index (κ2) is 9.01. The minimum absolute atomic E-state index is 0.204. The molecule has 0 aromatic carbocycles. The van der Waals surface area contributed by atoms with E-state index in [0.717, 1.165) is 25.9 Å². The summed E-state index contributed by atoms with van der Waals surface area (Å²) in [5.74, 6) is 0.407. The smallest absolute Gasteiger partial charge is 0.354 e. The van der Waals surface area contributed by atoms with Gasteiger partial charge in [0.2, 0.25) is 5.91 Å². The summed E-state index contributed by atoms with van der Waals surface area (Å²) in [5, 5.41) is 8.85. The Kier molecular flexibility index (Phi) is 7.31. The molecule has 2 aliphatic heterocycles. The topological polar surface area (TPSA) is 56.4 Å². The van der Waals surface area contributed by atoms with Gasteiger partial charge in [-0.15, -0.1) is 0 Å². The van der Waals surface area contributed by atoms with Crippen molar-refractivity contribution in [3.05, 3.63) is 0 Å². The lowest BCUT2D eigenvalue weighted by molar-refractivity contribution is -0.184. The van der Waals surface area contributed by atoms with Crippen LogP contribution in [0.25, 0.3) is 0 Å². The highest BCUT2D eigenvalue weighted by atomic mass is 19.4. The van der Waals surface area contributed by atoms with E-state index in [-0.39, 0.29) is 18.4 Å². The number of alkyl halides is 3. The van der Waals surface area contributed by atoms with E-state index in [9.17, 15) is 18.0 Å². The van der Waals surface area contributed by atoms with Gasteiger partial charge in [0.1, 0.15) is 6.04 Å². The first-order valence-corrected chi connectivity index (χ1v) is 8.87. The van der Waals surface area contributed by atoms with E-state index in [1.807, 2.05) is 6.92 Å². The predicted octanol–water partition coefficient (Wildman–Crippen LogP) is 0.965. The molecule has 2 atom stereocenters. The van der Waals surface area contributed by atoms with Crippen LogP contribution in [0.5, 0.6) is 0 Å². The van der Waals surface area contributed by atoms with Crippen LogP contribution in [0.4, 0.5) is 13.2 Å². The van der Waals surface area contributed by atoms with Crippen LogP contribution in [0.1, 0.15) is 26.2 Å². The summed E-state index contributed by atoms with van der Waals surface area (Å²) in [6.45, 7) is 5.37.